The molecular weight excluding hydrogens is 184 g/mol. The van der Waals surface area contributed by atoms with Crippen molar-refractivity contribution in [1.82, 2.24) is 0 Å². The molecule has 1 aliphatic rings. The zero-order valence-corrected chi connectivity index (χ0v) is 10.3. The molecule has 0 aromatic rings. The van der Waals surface area contributed by atoms with Crippen molar-refractivity contribution in [2.75, 3.05) is 0 Å². The third-order valence-electron chi connectivity index (χ3n) is 3.94. The molecule has 0 heterocycles. The highest BCUT2D eigenvalue weighted by atomic mass is 16.3. The Morgan fingerprint density at radius 1 is 1.40 bits per heavy atom. The summed E-state index contributed by atoms with van der Waals surface area (Å²) in [7, 11) is 0. The standard InChI is InChI=1S/C14H24O/c1-5-6-7-8-14(15)10-9-13(3,4)11-12(14)2/h1,12,15H,6-11H2,2-4H3. The van der Waals surface area contributed by atoms with Gasteiger partial charge < -0.3 is 5.11 Å². The Bertz CT molecular complexity index is 249. The van der Waals surface area contributed by atoms with E-state index >= 15 is 0 Å². The number of hydrogen-bond acceptors (Lipinski definition) is 1. The van der Waals surface area contributed by atoms with E-state index in [4.69, 9.17) is 6.42 Å². The molecule has 0 spiro atoms. The van der Waals surface area contributed by atoms with Gasteiger partial charge in [-0.15, -0.1) is 12.3 Å². The maximum absolute atomic E-state index is 10.5. The van der Waals surface area contributed by atoms with E-state index in [0.29, 0.717) is 11.3 Å². The lowest BCUT2D eigenvalue weighted by Crippen LogP contribution is -2.43. The third kappa shape index (κ3) is 3.24. The molecule has 0 amide bonds. The summed E-state index contributed by atoms with van der Waals surface area (Å²) < 4.78 is 0. The smallest absolute Gasteiger partial charge is 0.0673 e. The Morgan fingerprint density at radius 3 is 2.60 bits per heavy atom. The maximum Gasteiger partial charge on any atom is 0.0673 e. The zero-order chi connectivity index (χ0) is 11.5. The Balaban J connectivity index is 2.51. The molecule has 1 nitrogen and oxygen atoms in total. The summed E-state index contributed by atoms with van der Waals surface area (Å²) in [6.45, 7) is 6.77. The van der Waals surface area contributed by atoms with Crippen molar-refractivity contribution >= 4 is 0 Å². The van der Waals surface area contributed by atoms with Crippen molar-refractivity contribution in [3.63, 3.8) is 0 Å². The van der Waals surface area contributed by atoms with Crippen LogP contribution in [-0.4, -0.2) is 10.7 Å². The summed E-state index contributed by atoms with van der Waals surface area (Å²) in [6, 6.07) is 0. The van der Waals surface area contributed by atoms with Crippen LogP contribution in [0.4, 0.5) is 0 Å². The molecule has 0 radical (unpaired) electrons. The minimum Gasteiger partial charge on any atom is -0.390 e. The fraction of sp³-hybridized carbons (Fsp3) is 0.857. The second-order valence-corrected chi connectivity index (χ2v) is 5.93. The summed E-state index contributed by atoms with van der Waals surface area (Å²) >= 11 is 0. The third-order valence-corrected chi connectivity index (χ3v) is 3.94. The van der Waals surface area contributed by atoms with Crippen molar-refractivity contribution < 1.29 is 5.11 Å². The molecule has 0 saturated heterocycles. The molecule has 1 saturated carbocycles. The molecule has 1 fully saturated rings. The highest BCUT2D eigenvalue weighted by Gasteiger charge is 2.41. The molecule has 2 atom stereocenters. The summed E-state index contributed by atoms with van der Waals surface area (Å²) in [6.07, 6.45) is 11.0. The van der Waals surface area contributed by atoms with Gasteiger partial charge in [-0.25, -0.2) is 0 Å². The number of hydrogen-bond donors (Lipinski definition) is 1. The molecule has 15 heavy (non-hydrogen) atoms. The normalized spacial score (nSPS) is 34.7. The Hall–Kier alpha value is -0.480. The Morgan fingerprint density at radius 2 is 2.07 bits per heavy atom. The van der Waals surface area contributed by atoms with Crippen LogP contribution >= 0.6 is 0 Å². The highest BCUT2D eigenvalue weighted by Crippen LogP contribution is 2.45. The first-order valence-electron chi connectivity index (χ1n) is 6.05. The fourth-order valence-electron chi connectivity index (χ4n) is 2.79. The van der Waals surface area contributed by atoms with Gasteiger partial charge in [0.1, 0.15) is 0 Å². The molecule has 1 aliphatic carbocycles. The predicted octanol–water partition coefficient (Wildman–Crippen LogP) is 3.37. The van der Waals surface area contributed by atoms with Crippen LogP contribution in [0.2, 0.25) is 0 Å². The van der Waals surface area contributed by atoms with E-state index in [1.807, 2.05) is 0 Å². The quantitative estimate of drug-likeness (QED) is 0.557. The number of rotatable bonds is 3. The average Bonchev–Trinajstić information content (AvgIpc) is 2.13. The van der Waals surface area contributed by atoms with Crippen molar-refractivity contribution in [2.24, 2.45) is 11.3 Å². The average molecular weight is 208 g/mol. The van der Waals surface area contributed by atoms with Gasteiger partial charge in [-0.3, -0.25) is 0 Å². The molecular formula is C14H24O. The van der Waals surface area contributed by atoms with E-state index < -0.39 is 5.60 Å². The maximum atomic E-state index is 10.5. The number of unbranched alkanes of at least 4 members (excludes halogenated alkanes) is 1. The van der Waals surface area contributed by atoms with Crippen LogP contribution in [0.5, 0.6) is 0 Å². The summed E-state index contributed by atoms with van der Waals surface area (Å²) in [5.41, 5.74) is -0.0515. The minimum atomic E-state index is -0.452. The Labute approximate surface area is 94.3 Å². The lowest BCUT2D eigenvalue weighted by molar-refractivity contribution is -0.0774. The van der Waals surface area contributed by atoms with E-state index in [9.17, 15) is 5.11 Å². The van der Waals surface area contributed by atoms with E-state index in [1.165, 1.54) is 0 Å². The predicted molar refractivity (Wildman–Crippen MR) is 64.4 cm³/mol. The lowest BCUT2D eigenvalue weighted by Gasteiger charge is -2.45. The van der Waals surface area contributed by atoms with Crippen molar-refractivity contribution in [3.05, 3.63) is 0 Å². The minimum absolute atomic E-state index is 0.401. The monoisotopic (exact) mass is 208 g/mol. The van der Waals surface area contributed by atoms with Crippen molar-refractivity contribution in [3.8, 4) is 12.3 Å². The second kappa shape index (κ2) is 4.58. The van der Waals surface area contributed by atoms with Crippen molar-refractivity contribution in [1.29, 1.82) is 0 Å². The summed E-state index contributed by atoms with van der Waals surface area (Å²) in [5.74, 6) is 3.05. The molecule has 0 aromatic carbocycles. The topological polar surface area (TPSA) is 20.2 Å². The van der Waals surface area contributed by atoms with Gasteiger partial charge in [0, 0.05) is 6.42 Å². The highest BCUT2D eigenvalue weighted by molar-refractivity contribution is 4.94. The molecule has 1 rings (SSSR count). The van der Waals surface area contributed by atoms with Crippen LogP contribution in [0.25, 0.3) is 0 Å². The van der Waals surface area contributed by atoms with Gasteiger partial charge in [0.05, 0.1) is 5.60 Å². The van der Waals surface area contributed by atoms with E-state index in [2.05, 4.69) is 26.7 Å². The molecule has 0 bridgehead atoms. The lowest BCUT2D eigenvalue weighted by atomic mass is 9.64. The van der Waals surface area contributed by atoms with Crippen LogP contribution in [-0.2, 0) is 0 Å². The van der Waals surface area contributed by atoms with Crippen LogP contribution in [0.1, 0.15) is 59.3 Å². The van der Waals surface area contributed by atoms with Gasteiger partial charge in [-0.1, -0.05) is 20.8 Å². The SMILES string of the molecule is C#CCCCC1(O)CCC(C)(C)CC1C. The largest absolute Gasteiger partial charge is 0.390 e. The summed E-state index contributed by atoms with van der Waals surface area (Å²) in [5, 5.41) is 10.5. The Kier molecular flexibility index (Phi) is 3.84. The van der Waals surface area contributed by atoms with Gasteiger partial charge >= 0.3 is 0 Å². The van der Waals surface area contributed by atoms with Gasteiger partial charge in [0.2, 0.25) is 0 Å². The molecule has 1 N–H and O–H groups in total. The second-order valence-electron chi connectivity index (χ2n) is 5.93. The van der Waals surface area contributed by atoms with E-state index in [1.54, 1.807) is 0 Å². The van der Waals surface area contributed by atoms with Gasteiger partial charge in [0.25, 0.3) is 0 Å². The van der Waals surface area contributed by atoms with Gasteiger partial charge in [-0.2, -0.15) is 0 Å². The summed E-state index contributed by atoms with van der Waals surface area (Å²) in [4.78, 5) is 0. The zero-order valence-electron chi connectivity index (χ0n) is 10.3. The molecule has 86 valence electrons. The number of terminal acetylenes is 1. The van der Waals surface area contributed by atoms with Crippen LogP contribution < -0.4 is 0 Å². The van der Waals surface area contributed by atoms with E-state index in [-0.39, 0.29) is 0 Å². The van der Waals surface area contributed by atoms with Crippen molar-refractivity contribution in [2.45, 2.75) is 64.9 Å². The molecule has 2 unspecified atom stereocenters. The molecule has 0 aliphatic heterocycles. The van der Waals surface area contributed by atoms with Crippen LogP contribution in [0, 0.1) is 23.7 Å². The molecule has 0 aromatic heterocycles. The van der Waals surface area contributed by atoms with E-state index in [0.717, 1.165) is 38.5 Å². The van der Waals surface area contributed by atoms with Crippen LogP contribution in [0.3, 0.4) is 0 Å². The first kappa shape index (κ1) is 12.6. The fourth-order valence-corrected chi connectivity index (χ4v) is 2.79. The first-order valence-corrected chi connectivity index (χ1v) is 6.05. The van der Waals surface area contributed by atoms with Crippen LogP contribution in [0.15, 0.2) is 0 Å². The van der Waals surface area contributed by atoms with Gasteiger partial charge in [-0.05, 0) is 43.4 Å². The molecule has 1 heteroatoms. The first-order chi connectivity index (χ1) is 6.90. The number of aliphatic hydroxyl groups is 1. The van der Waals surface area contributed by atoms with Gasteiger partial charge in [0.15, 0.2) is 0 Å².